The summed E-state index contributed by atoms with van der Waals surface area (Å²) in [6, 6.07) is 8.46. The molecule has 0 radical (unpaired) electrons. The molecule has 1 amide bonds. The van der Waals surface area contributed by atoms with Crippen LogP contribution in [0, 0.1) is 5.92 Å². The van der Waals surface area contributed by atoms with Gasteiger partial charge in [0.25, 0.3) is 0 Å². The zero-order valence-electron chi connectivity index (χ0n) is 22.6. The quantitative estimate of drug-likeness (QED) is 0.204. The number of piperidine rings is 1. The molecule has 3 heteroatoms. The lowest BCUT2D eigenvalue weighted by atomic mass is 9.99. The molecule has 1 aliphatic heterocycles. The Labute approximate surface area is 211 Å². The maximum atomic E-state index is 12.3. The second-order valence-electron chi connectivity index (χ2n) is 10.9. The number of unbranched alkanes of at least 4 members (excludes halogenated alkanes) is 14. The fourth-order valence-electron chi connectivity index (χ4n) is 5.05. The number of nitrogens with one attached hydrogen (secondary N) is 1. The summed E-state index contributed by atoms with van der Waals surface area (Å²) in [6.07, 6.45) is 23.6. The smallest absolute Gasteiger partial charge is 0.224 e. The van der Waals surface area contributed by atoms with E-state index in [1.165, 1.54) is 121 Å². The number of benzene rings is 1. The van der Waals surface area contributed by atoms with Crippen LogP contribution in [0.1, 0.15) is 135 Å². The first-order valence-corrected chi connectivity index (χ1v) is 14.8. The minimum atomic E-state index is 0.160. The minimum Gasteiger partial charge on any atom is -0.326 e. The molecule has 34 heavy (non-hydrogen) atoms. The van der Waals surface area contributed by atoms with Crippen LogP contribution < -0.4 is 5.32 Å². The van der Waals surface area contributed by atoms with Crippen LogP contribution in [-0.4, -0.2) is 23.9 Å². The van der Waals surface area contributed by atoms with Gasteiger partial charge in [0, 0.05) is 18.7 Å². The number of carbonyl (C=O) groups is 1. The van der Waals surface area contributed by atoms with Gasteiger partial charge in [-0.1, -0.05) is 116 Å². The third-order valence-corrected chi connectivity index (χ3v) is 7.53. The molecule has 0 spiro atoms. The van der Waals surface area contributed by atoms with E-state index in [9.17, 15) is 4.79 Å². The standard InChI is InChI=1S/C31H54N2O/c1-3-4-5-6-7-8-9-10-11-12-13-14-15-16-17-18-31(34)32-30-21-19-29(20-22-30)27-33-25-23-28(2)24-26-33/h19-22,28H,3-18,23-27H2,1-2H3,(H,32,34). The first-order chi connectivity index (χ1) is 16.7. The van der Waals surface area contributed by atoms with E-state index in [4.69, 9.17) is 0 Å². The van der Waals surface area contributed by atoms with Gasteiger partial charge in [-0.25, -0.2) is 0 Å². The van der Waals surface area contributed by atoms with Crippen LogP contribution in [0.25, 0.3) is 0 Å². The van der Waals surface area contributed by atoms with Gasteiger partial charge < -0.3 is 5.32 Å². The van der Waals surface area contributed by atoms with Gasteiger partial charge >= 0.3 is 0 Å². The van der Waals surface area contributed by atoms with Crippen LogP contribution in [0.5, 0.6) is 0 Å². The lowest BCUT2D eigenvalue weighted by molar-refractivity contribution is -0.116. The highest BCUT2D eigenvalue weighted by molar-refractivity contribution is 5.90. The summed E-state index contributed by atoms with van der Waals surface area (Å²) < 4.78 is 0. The lowest BCUT2D eigenvalue weighted by Crippen LogP contribution is -2.32. The monoisotopic (exact) mass is 470 g/mol. The number of nitrogens with zero attached hydrogens (tertiary/aromatic N) is 1. The maximum absolute atomic E-state index is 12.3. The van der Waals surface area contributed by atoms with Crippen LogP contribution in [0.4, 0.5) is 5.69 Å². The fourth-order valence-corrected chi connectivity index (χ4v) is 5.05. The van der Waals surface area contributed by atoms with Gasteiger partial charge in [0.15, 0.2) is 0 Å². The Balaban J connectivity index is 1.39. The Morgan fingerprint density at radius 3 is 1.74 bits per heavy atom. The summed E-state index contributed by atoms with van der Waals surface area (Å²) in [5.74, 6) is 1.03. The number of likely N-dealkylation sites (tertiary alicyclic amines) is 1. The molecule has 3 nitrogen and oxygen atoms in total. The minimum absolute atomic E-state index is 0.160. The number of hydrogen-bond acceptors (Lipinski definition) is 2. The molecule has 0 aliphatic carbocycles. The SMILES string of the molecule is CCCCCCCCCCCCCCCCCC(=O)Nc1ccc(CN2CCC(C)CC2)cc1. The molecule has 0 aromatic heterocycles. The van der Waals surface area contributed by atoms with E-state index < -0.39 is 0 Å². The van der Waals surface area contributed by atoms with Gasteiger partial charge in [-0.2, -0.15) is 0 Å². The van der Waals surface area contributed by atoms with Crippen molar-refractivity contribution in [1.82, 2.24) is 4.90 Å². The van der Waals surface area contributed by atoms with Crippen molar-refractivity contribution < 1.29 is 4.79 Å². The van der Waals surface area contributed by atoms with Crippen LogP contribution in [-0.2, 0) is 11.3 Å². The Bertz CT molecular complexity index is 619. The highest BCUT2D eigenvalue weighted by atomic mass is 16.1. The van der Waals surface area contributed by atoms with E-state index in [1.807, 2.05) is 0 Å². The summed E-state index contributed by atoms with van der Waals surface area (Å²) in [5.41, 5.74) is 2.27. The molecule has 0 bridgehead atoms. The van der Waals surface area contributed by atoms with Crippen LogP contribution in [0.15, 0.2) is 24.3 Å². The van der Waals surface area contributed by atoms with Gasteiger partial charge in [-0.05, 0) is 56.0 Å². The van der Waals surface area contributed by atoms with Crippen molar-refractivity contribution in [1.29, 1.82) is 0 Å². The predicted molar refractivity (Wildman–Crippen MR) is 148 cm³/mol. The van der Waals surface area contributed by atoms with Gasteiger partial charge in [0.05, 0.1) is 0 Å². The summed E-state index contributed by atoms with van der Waals surface area (Å²) in [4.78, 5) is 14.8. The van der Waals surface area contributed by atoms with E-state index in [1.54, 1.807) is 0 Å². The first kappa shape index (κ1) is 28.9. The zero-order chi connectivity index (χ0) is 24.3. The molecule has 1 aliphatic rings. The van der Waals surface area contributed by atoms with Crippen LogP contribution in [0.3, 0.4) is 0 Å². The normalized spacial score (nSPS) is 15.0. The predicted octanol–water partition coefficient (Wildman–Crippen LogP) is 9.12. The topological polar surface area (TPSA) is 32.3 Å². The molecule has 194 valence electrons. The second-order valence-corrected chi connectivity index (χ2v) is 10.9. The second kappa shape index (κ2) is 18.9. The van der Waals surface area contributed by atoms with Gasteiger partial charge in [-0.3, -0.25) is 9.69 Å². The Hall–Kier alpha value is -1.35. The van der Waals surface area contributed by atoms with Crippen molar-refractivity contribution in [2.24, 2.45) is 5.92 Å². The van der Waals surface area contributed by atoms with E-state index >= 15 is 0 Å². The largest absolute Gasteiger partial charge is 0.326 e. The molecule has 1 aromatic rings. The Morgan fingerprint density at radius 2 is 1.24 bits per heavy atom. The summed E-state index contributed by atoms with van der Waals surface area (Å²) in [6.45, 7) is 8.08. The van der Waals surface area contributed by atoms with Crippen molar-refractivity contribution in [3.63, 3.8) is 0 Å². The van der Waals surface area contributed by atoms with E-state index in [-0.39, 0.29) is 5.91 Å². The van der Waals surface area contributed by atoms with Crippen molar-refractivity contribution in [3.8, 4) is 0 Å². The van der Waals surface area contributed by atoms with Gasteiger partial charge in [-0.15, -0.1) is 0 Å². The first-order valence-electron chi connectivity index (χ1n) is 14.8. The summed E-state index contributed by atoms with van der Waals surface area (Å²) >= 11 is 0. The number of rotatable bonds is 19. The van der Waals surface area contributed by atoms with Crippen LogP contribution in [0.2, 0.25) is 0 Å². The molecule has 1 fully saturated rings. The fraction of sp³-hybridized carbons (Fsp3) is 0.774. The third kappa shape index (κ3) is 14.1. The highest BCUT2D eigenvalue weighted by Gasteiger charge is 2.15. The molecule has 0 atom stereocenters. The highest BCUT2D eigenvalue weighted by Crippen LogP contribution is 2.19. The molecular formula is C31H54N2O. The van der Waals surface area contributed by atoms with Crippen LogP contribution >= 0.6 is 0 Å². The van der Waals surface area contributed by atoms with E-state index in [0.717, 1.165) is 24.6 Å². The van der Waals surface area contributed by atoms with E-state index in [2.05, 4.69) is 48.3 Å². The Kier molecular flexibility index (Phi) is 16.1. The van der Waals surface area contributed by atoms with Gasteiger partial charge in [0.2, 0.25) is 5.91 Å². The Morgan fingerprint density at radius 1 is 0.765 bits per heavy atom. The molecule has 2 rings (SSSR count). The number of carbonyl (C=O) groups excluding carboxylic acids is 1. The lowest BCUT2D eigenvalue weighted by Gasteiger charge is -2.30. The van der Waals surface area contributed by atoms with Gasteiger partial charge in [0.1, 0.15) is 0 Å². The summed E-state index contributed by atoms with van der Waals surface area (Å²) in [5, 5.41) is 3.08. The van der Waals surface area contributed by atoms with Crippen molar-refractivity contribution >= 4 is 11.6 Å². The molecule has 1 saturated heterocycles. The average Bonchev–Trinajstić information content (AvgIpc) is 2.84. The van der Waals surface area contributed by atoms with E-state index in [0.29, 0.717) is 6.42 Å². The summed E-state index contributed by atoms with van der Waals surface area (Å²) in [7, 11) is 0. The zero-order valence-corrected chi connectivity index (χ0v) is 22.6. The molecule has 1 N–H and O–H groups in total. The number of amides is 1. The maximum Gasteiger partial charge on any atom is 0.224 e. The van der Waals surface area contributed by atoms with Crippen molar-refractivity contribution in [3.05, 3.63) is 29.8 Å². The molecule has 1 heterocycles. The number of hydrogen-bond donors (Lipinski definition) is 1. The number of anilines is 1. The van der Waals surface area contributed by atoms with Crippen molar-refractivity contribution in [2.45, 2.75) is 136 Å². The molecule has 0 unspecified atom stereocenters. The molecule has 0 saturated carbocycles. The molecule has 1 aromatic carbocycles. The van der Waals surface area contributed by atoms with Crippen molar-refractivity contribution in [2.75, 3.05) is 18.4 Å². The average molecular weight is 471 g/mol. The molecular weight excluding hydrogens is 416 g/mol. The third-order valence-electron chi connectivity index (χ3n) is 7.53.